The molecule has 0 aliphatic heterocycles. The van der Waals surface area contributed by atoms with Gasteiger partial charge in [0, 0.05) is 4.47 Å². The molecule has 0 radical (unpaired) electrons. The van der Waals surface area contributed by atoms with Gasteiger partial charge in [0.05, 0.1) is 10.6 Å². The van der Waals surface area contributed by atoms with Gasteiger partial charge in [0.25, 0.3) is 0 Å². The summed E-state index contributed by atoms with van der Waals surface area (Å²) in [5.74, 6) is -0.164. The highest BCUT2D eigenvalue weighted by molar-refractivity contribution is 9.10. The molecule has 0 aliphatic carbocycles. The van der Waals surface area contributed by atoms with Crippen LogP contribution in [-0.4, -0.2) is 11.0 Å². The number of rotatable bonds is 4. The van der Waals surface area contributed by atoms with Crippen LogP contribution in [0.3, 0.4) is 0 Å². The van der Waals surface area contributed by atoms with Crippen LogP contribution in [0.2, 0.25) is 5.02 Å². The Hall–Kier alpha value is -1.79. The minimum Gasteiger partial charge on any atom is -0.488 e. The molecule has 110 valence electrons. The second-order valence-electron chi connectivity index (χ2n) is 4.16. The molecule has 2 aromatic rings. The van der Waals surface area contributed by atoms with Crippen molar-refractivity contribution in [2.75, 3.05) is 0 Å². The molecule has 0 unspecified atom stereocenters. The van der Waals surface area contributed by atoms with E-state index in [-0.39, 0.29) is 17.5 Å². The Bertz CT molecular complexity index is 695. The van der Waals surface area contributed by atoms with Crippen LogP contribution in [-0.2, 0) is 6.61 Å². The van der Waals surface area contributed by atoms with Crippen LogP contribution in [0.5, 0.6) is 5.75 Å². The molecule has 0 amide bonds. The maximum Gasteiger partial charge on any atom is 0.173 e. The summed E-state index contributed by atoms with van der Waals surface area (Å²) in [6.07, 6.45) is 0. The Balaban J connectivity index is 2.21. The van der Waals surface area contributed by atoms with Crippen LogP contribution < -0.4 is 10.5 Å². The molecular weight excluding hydrogens is 363 g/mol. The summed E-state index contributed by atoms with van der Waals surface area (Å²) in [6, 6.07) is 9.50. The van der Waals surface area contributed by atoms with Crippen molar-refractivity contribution in [1.29, 1.82) is 0 Å². The van der Waals surface area contributed by atoms with Gasteiger partial charge in [-0.1, -0.05) is 38.8 Å². The molecule has 2 rings (SSSR count). The minimum absolute atomic E-state index is 0.0553. The summed E-state index contributed by atoms with van der Waals surface area (Å²) < 4.78 is 19.7. The number of nitrogens with zero attached hydrogens (tertiary/aromatic N) is 1. The van der Waals surface area contributed by atoms with Crippen molar-refractivity contribution in [3.63, 3.8) is 0 Å². The van der Waals surface area contributed by atoms with Crippen molar-refractivity contribution < 1.29 is 14.3 Å². The van der Waals surface area contributed by atoms with E-state index in [0.29, 0.717) is 16.9 Å². The Morgan fingerprint density at radius 2 is 2.10 bits per heavy atom. The highest BCUT2D eigenvalue weighted by Gasteiger charge is 2.10. The van der Waals surface area contributed by atoms with E-state index in [1.54, 1.807) is 24.3 Å². The van der Waals surface area contributed by atoms with E-state index in [1.165, 1.54) is 12.1 Å². The second kappa shape index (κ2) is 6.78. The molecule has 0 saturated carbocycles. The number of hydrogen-bond donors (Lipinski definition) is 2. The van der Waals surface area contributed by atoms with Gasteiger partial charge in [-0.05, 0) is 35.9 Å². The molecular formula is C14H11BrClFN2O2. The zero-order chi connectivity index (χ0) is 15.4. The first kappa shape index (κ1) is 15.6. The van der Waals surface area contributed by atoms with Crippen LogP contribution in [0.1, 0.15) is 11.1 Å². The number of ether oxygens (including phenoxy) is 1. The van der Waals surface area contributed by atoms with Crippen molar-refractivity contribution in [2.45, 2.75) is 6.61 Å². The van der Waals surface area contributed by atoms with Crippen LogP contribution in [0.4, 0.5) is 4.39 Å². The third-order valence-electron chi connectivity index (χ3n) is 2.70. The normalized spacial score (nSPS) is 11.5. The molecule has 0 atom stereocenters. The Morgan fingerprint density at radius 1 is 1.33 bits per heavy atom. The number of halogens is 3. The Labute approximate surface area is 134 Å². The zero-order valence-corrected chi connectivity index (χ0v) is 13.0. The van der Waals surface area contributed by atoms with E-state index in [9.17, 15) is 4.39 Å². The predicted octanol–water partition coefficient (Wildman–Crippen LogP) is 3.92. The van der Waals surface area contributed by atoms with Gasteiger partial charge in [0.1, 0.15) is 18.2 Å². The van der Waals surface area contributed by atoms with Crippen LogP contribution in [0.25, 0.3) is 0 Å². The highest BCUT2D eigenvalue weighted by atomic mass is 79.9. The lowest BCUT2D eigenvalue weighted by Crippen LogP contribution is -2.15. The van der Waals surface area contributed by atoms with E-state index in [1.807, 2.05) is 0 Å². The zero-order valence-electron chi connectivity index (χ0n) is 10.7. The summed E-state index contributed by atoms with van der Waals surface area (Å²) in [7, 11) is 0. The quantitative estimate of drug-likeness (QED) is 0.369. The van der Waals surface area contributed by atoms with Crippen LogP contribution in [0, 0.1) is 5.82 Å². The molecule has 0 bridgehead atoms. The molecule has 4 nitrogen and oxygen atoms in total. The summed E-state index contributed by atoms with van der Waals surface area (Å²) in [5, 5.41) is 11.8. The van der Waals surface area contributed by atoms with Crippen LogP contribution in [0.15, 0.2) is 46.0 Å². The molecule has 0 aliphatic rings. The molecule has 3 N–H and O–H groups in total. The smallest absolute Gasteiger partial charge is 0.173 e. The van der Waals surface area contributed by atoms with Gasteiger partial charge in [-0.15, -0.1) is 0 Å². The third-order valence-corrected chi connectivity index (χ3v) is 3.50. The molecule has 0 fully saturated rings. The van der Waals surface area contributed by atoms with E-state index in [4.69, 9.17) is 27.3 Å². The van der Waals surface area contributed by atoms with E-state index in [0.717, 1.165) is 4.47 Å². The number of hydrogen-bond acceptors (Lipinski definition) is 3. The van der Waals surface area contributed by atoms with E-state index >= 15 is 0 Å². The van der Waals surface area contributed by atoms with E-state index in [2.05, 4.69) is 21.1 Å². The Morgan fingerprint density at radius 3 is 2.76 bits per heavy atom. The lowest BCUT2D eigenvalue weighted by molar-refractivity contribution is 0.302. The average Bonchev–Trinajstić information content (AvgIpc) is 2.48. The molecule has 2 aromatic carbocycles. The second-order valence-corrected chi connectivity index (χ2v) is 5.49. The van der Waals surface area contributed by atoms with Crippen molar-refractivity contribution in [2.24, 2.45) is 10.9 Å². The predicted molar refractivity (Wildman–Crippen MR) is 82.4 cm³/mol. The maximum atomic E-state index is 13.4. The largest absolute Gasteiger partial charge is 0.488 e. The lowest BCUT2D eigenvalue weighted by atomic mass is 10.2. The van der Waals surface area contributed by atoms with Gasteiger partial charge >= 0.3 is 0 Å². The summed E-state index contributed by atoms with van der Waals surface area (Å²) in [4.78, 5) is 0. The standard InChI is InChI=1S/C14H11BrClFN2O2/c15-9-2-4-13(10(6-9)14(18)19-20)21-7-8-1-3-11(16)12(17)5-8/h1-6,20H,7H2,(H2,18,19). The lowest BCUT2D eigenvalue weighted by Gasteiger charge is -2.11. The maximum absolute atomic E-state index is 13.4. The fourth-order valence-corrected chi connectivity index (χ4v) is 2.15. The Kier molecular flexibility index (Phi) is 5.03. The topological polar surface area (TPSA) is 67.8 Å². The average molecular weight is 374 g/mol. The van der Waals surface area contributed by atoms with Crippen molar-refractivity contribution in [3.05, 3.63) is 62.8 Å². The molecule has 0 spiro atoms. The molecule has 0 aromatic heterocycles. The van der Waals surface area contributed by atoms with Crippen molar-refractivity contribution in [3.8, 4) is 5.75 Å². The monoisotopic (exact) mass is 372 g/mol. The number of amidine groups is 1. The van der Waals surface area contributed by atoms with Crippen LogP contribution >= 0.6 is 27.5 Å². The molecule has 0 saturated heterocycles. The minimum atomic E-state index is -0.509. The number of oxime groups is 1. The van der Waals surface area contributed by atoms with Gasteiger partial charge in [0.2, 0.25) is 0 Å². The molecule has 7 heteroatoms. The summed E-state index contributed by atoms with van der Waals surface area (Å²) >= 11 is 8.92. The van der Waals surface area contributed by atoms with Gasteiger partial charge in [-0.25, -0.2) is 4.39 Å². The first-order valence-electron chi connectivity index (χ1n) is 5.85. The van der Waals surface area contributed by atoms with Crippen molar-refractivity contribution >= 4 is 33.4 Å². The number of benzene rings is 2. The SMILES string of the molecule is N/C(=N/O)c1cc(Br)ccc1OCc1ccc(Cl)c(F)c1. The number of nitrogens with two attached hydrogens (primary N) is 1. The van der Waals surface area contributed by atoms with Gasteiger partial charge in [0.15, 0.2) is 5.84 Å². The van der Waals surface area contributed by atoms with Gasteiger partial charge in [-0.2, -0.15) is 0 Å². The highest BCUT2D eigenvalue weighted by Crippen LogP contribution is 2.24. The first-order valence-corrected chi connectivity index (χ1v) is 7.02. The summed E-state index contributed by atoms with van der Waals surface area (Å²) in [6.45, 7) is 0.126. The molecule has 21 heavy (non-hydrogen) atoms. The first-order chi connectivity index (χ1) is 10.0. The van der Waals surface area contributed by atoms with E-state index < -0.39 is 5.82 Å². The fraction of sp³-hybridized carbons (Fsp3) is 0.0714. The van der Waals surface area contributed by atoms with Crippen molar-refractivity contribution in [1.82, 2.24) is 0 Å². The molecule has 0 heterocycles. The van der Waals surface area contributed by atoms with Gasteiger partial charge in [-0.3, -0.25) is 0 Å². The summed E-state index contributed by atoms with van der Waals surface area (Å²) in [5.41, 5.74) is 6.65. The third kappa shape index (κ3) is 3.86. The van der Waals surface area contributed by atoms with Gasteiger partial charge < -0.3 is 15.7 Å². The fourth-order valence-electron chi connectivity index (χ4n) is 1.67.